The Balaban J connectivity index is 1.95. The zero-order chi connectivity index (χ0) is 9.68. The van der Waals surface area contributed by atoms with Crippen molar-refractivity contribution in [3.05, 3.63) is 0 Å². The van der Waals surface area contributed by atoms with Gasteiger partial charge in [-0.15, -0.1) is 0 Å². The third-order valence-corrected chi connectivity index (χ3v) is 2.76. The molecule has 0 bridgehead atoms. The van der Waals surface area contributed by atoms with Gasteiger partial charge in [-0.3, -0.25) is 0 Å². The zero-order valence-electron chi connectivity index (χ0n) is 8.83. The van der Waals surface area contributed by atoms with Crippen LogP contribution < -0.4 is 0 Å². The molecule has 13 heavy (non-hydrogen) atoms. The molecule has 1 aliphatic rings. The molecule has 1 rings (SSSR count). The maximum atomic E-state index is 9.45. The molecule has 0 saturated carbocycles. The molecular formula is C11H22O2. The molecule has 2 heteroatoms. The number of epoxide rings is 1. The van der Waals surface area contributed by atoms with Gasteiger partial charge in [0, 0.05) is 0 Å². The number of unbranched alkanes of at least 4 members (excludes halogenated alkanes) is 3. The monoisotopic (exact) mass is 186 g/mol. The van der Waals surface area contributed by atoms with Crippen LogP contribution in [0.4, 0.5) is 0 Å². The fraction of sp³-hybridized carbons (Fsp3) is 1.00. The van der Waals surface area contributed by atoms with Gasteiger partial charge in [0.2, 0.25) is 0 Å². The van der Waals surface area contributed by atoms with Gasteiger partial charge in [0.15, 0.2) is 0 Å². The van der Waals surface area contributed by atoms with Crippen LogP contribution in [0.25, 0.3) is 0 Å². The van der Waals surface area contributed by atoms with E-state index in [0.29, 0.717) is 6.10 Å². The minimum absolute atomic E-state index is 0.159. The molecule has 0 amide bonds. The summed E-state index contributed by atoms with van der Waals surface area (Å²) >= 11 is 0. The van der Waals surface area contributed by atoms with Crippen molar-refractivity contribution in [2.45, 2.75) is 70.7 Å². The Morgan fingerprint density at radius 1 is 1.23 bits per heavy atom. The second kappa shape index (κ2) is 5.61. The fourth-order valence-corrected chi connectivity index (χ4v) is 1.73. The third kappa shape index (κ3) is 3.65. The molecule has 3 atom stereocenters. The van der Waals surface area contributed by atoms with Crippen LogP contribution in [0.1, 0.15) is 52.4 Å². The largest absolute Gasteiger partial charge is 0.390 e. The van der Waals surface area contributed by atoms with Crippen molar-refractivity contribution in [1.82, 2.24) is 0 Å². The molecule has 0 aliphatic carbocycles. The number of aliphatic hydroxyl groups is 1. The highest BCUT2D eigenvalue weighted by Crippen LogP contribution is 2.31. The van der Waals surface area contributed by atoms with Crippen molar-refractivity contribution < 1.29 is 9.84 Å². The highest BCUT2D eigenvalue weighted by atomic mass is 16.6. The summed E-state index contributed by atoms with van der Waals surface area (Å²) in [7, 11) is 0. The molecule has 0 aromatic rings. The van der Waals surface area contributed by atoms with Crippen molar-refractivity contribution in [3.63, 3.8) is 0 Å². The van der Waals surface area contributed by atoms with Crippen molar-refractivity contribution in [2.75, 3.05) is 0 Å². The fourth-order valence-electron chi connectivity index (χ4n) is 1.73. The van der Waals surface area contributed by atoms with Crippen molar-refractivity contribution in [3.8, 4) is 0 Å². The lowest BCUT2D eigenvalue weighted by atomic mass is 10.1. The molecule has 1 aliphatic heterocycles. The van der Waals surface area contributed by atoms with Crippen LogP contribution in [-0.2, 0) is 4.74 Å². The maximum absolute atomic E-state index is 9.45. The zero-order valence-corrected chi connectivity index (χ0v) is 8.83. The molecule has 1 saturated heterocycles. The van der Waals surface area contributed by atoms with Gasteiger partial charge in [-0.2, -0.15) is 0 Å². The SMILES string of the molecule is CCCCCC[C@H]1O[C@H]1[C@H](O)CC. The summed E-state index contributed by atoms with van der Waals surface area (Å²) in [6.07, 6.45) is 7.43. The highest BCUT2D eigenvalue weighted by molar-refractivity contribution is 4.89. The van der Waals surface area contributed by atoms with E-state index in [2.05, 4.69) is 6.92 Å². The summed E-state index contributed by atoms with van der Waals surface area (Å²) in [4.78, 5) is 0. The molecular weight excluding hydrogens is 164 g/mol. The molecule has 1 heterocycles. The third-order valence-electron chi connectivity index (χ3n) is 2.76. The Labute approximate surface area is 81.3 Å². The number of rotatable bonds is 7. The van der Waals surface area contributed by atoms with Gasteiger partial charge < -0.3 is 9.84 Å². The Bertz CT molecular complexity index is 136. The van der Waals surface area contributed by atoms with Crippen molar-refractivity contribution >= 4 is 0 Å². The predicted molar refractivity (Wildman–Crippen MR) is 53.7 cm³/mol. The molecule has 0 unspecified atom stereocenters. The second-order valence-electron chi connectivity index (χ2n) is 3.96. The van der Waals surface area contributed by atoms with Crippen LogP contribution in [-0.4, -0.2) is 23.4 Å². The first-order valence-corrected chi connectivity index (χ1v) is 5.63. The summed E-state index contributed by atoms with van der Waals surface area (Å²) in [5, 5.41) is 9.45. The molecule has 2 nitrogen and oxygen atoms in total. The predicted octanol–water partition coefficient (Wildman–Crippen LogP) is 2.50. The van der Waals surface area contributed by atoms with Gasteiger partial charge in [0.25, 0.3) is 0 Å². The Kier molecular flexibility index (Phi) is 4.74. The average Bonchev–Trinajstić information content (AvgIpc) is 2.91. The van der Waals surface area contributed by atoms with E-state index in [1.54, 1.807) is 0 Å². The molecule has 1 fully saturated rings. The number of hydrogen-bond donors (Lipinski definition) is 1. The summed E-state index contributed by atoms with van der Waals surface area (Å²) in [5.74, 6) is 0. The number of ether oxygens (including phenoxy) is 1. The van der Waals surface area contributed by atoms with Crippen LogP contribution in [0.2, 0.25) is 0 Å². The van der Waals surface area contributed by atoms with E-state index in [1.165, 1.54) is 25.7 Å². The highest BCUT2D eigenvalue weighted by Gasteiger charge is 2.42. The van der Waals surface area contributed by atoms with Gasteiger partial charge in [0.1, 0.15) is 6.10 Å². The lowest BCUT2D eigenvalue weighted by molar-refractivity contribution is 0.131. The van der Waals surface area contributed by atoms with E-state index >= 15 is 0 Å². The first-order valence-electron chi connectivity index (χ1n) is 5.63. The van der Waals surface area contributed by atoms with Crippen LogP contribution in [0, 0.1) is 0 Å². The van der Waals surface area contributed by atoms with E-state index < -0.39 is 0 Å². The lowest BCUT2D eigenvalue weighted by Gasteiger charge is -2.01. The molecule has 78 valence electrons. The topological polar surface area (TPSA) is 32.8 Å². The first-order chi connectivity index (χ1) is 6.29. The van der Waals surface area contributed by atoms with Crippen LogP contribution in [0.3, 0.4) is 0 Å². The lowest BCUT2D eigenvalue weighted by Crippen LogP contribution is -2.15. The summed E-state index contributed by atoms with van der Waals surface area (Å²) in [5.41, 5.74) is 0. The Hall–Kier alpha value is -0.0800. The quantitative estimate of drug-likeness (QED) is 0.489. The molecule has 0 aromatic carbocycles. The summed E-state index contributed by atoms with van der Waals surface area (Å²) < 4.78 is 5.40. The van der Waals surface area contributed by atoms with E-state index in [-0.39, 0.29) is 12.2 Å². The van der Waals surface area contributed by atoms with Gasteiger partial charge in [-0.05, 0) is 12.8 Å². The summed E-state index contributed by atoms with van der Waals surface area (Å²) in [6, 6.07) is 0. The first kappa shape index (κ1) is 11.0. The Morgan fingerprint density at radius 2 is 2.00 bits per heavy atom. The minimum Gasteiger partial charge on any atom is -0.390 e. The minimum atomic E-state index is -0.226. The second-order valence-corrected chi connectivity index (χ2v) is 3.96. The van der Waals surface area contributed by atoms with Crippen molar-refractivity contribution in [1.29, 1.82) is 0 Å². The van der Waals surface area contributed by atoms with Crippen LogP contribution in [0.5, 0.6) is 0 Å². The number of hydrogen-bond acceptors (Lipinski definition) is 2. The molecule has 0 spiro atoms. The van der Waals surface area contributed by atoms with Gasteiger partial charge in [0.05, 0.1) is 12.2 Å². The van der Waals surface area contributed by atoms with E-state index in [4.69, 9.17) is 4.74 Å². The normalized spacial score (nSPS) is 28.8. The number of aliphatic hydroxyl groups excluding tert-OH is 1. The Morgan fingerprint density at radius 3 is 2.62 bits per heavy atom. The molecule has 1 N–H and O–H groups in total. The maximum Gasteiger partial charge on any atom is 0.110 e. The van der Waals surface area contributed by atoms with Crippen LogP contribution in [0.15, 0.2) is 0 Å². The van der Waals surface area contributed by atoms with Crippen molar-refractivity contribution in [2.24, 2.45) is 0 Å². The van der Waals surface area contributed by atoms with E-state index in [9.17, 15) is 5.11 Å². The van der Waals surface area contributed by atoms with Gasteiger partial charge in [-0.1, -0.05) is 39.5 Å². The van der Waals surface area contributed by atoms with Crippen LogP contribution >= 0.6 is 0 Å². The van der Waals surface area contributed by atoms with Gasteiger partial charge >= 0.3 is 0 Å². The summed E-state index contributed by atoms with van der Waals surface area (Å²) in [6.45, 7) is 4.22. The smallest absolute Gasteiger partial charge is 0.110 e. The standard InChI is InChI=1S/C11H22O2/c1-3-5-6-7-8-10-11(13-10)9(12)4-2/h9-12H,3-8H2,1-2H3/t9-,10-,11+/m1/s1. The molecule has 0 radical (unpaired) electrons. The van der Waals surface area contributed by atoms with E-state index in [0.717, 1.165) is 12.8 Å². The van der Waals surface area contributed by atoms with E-state index in [1.807, 2.05) is 6.92 Å². The van der Waals surface area contributed by atoms with Gasteiger partial charge in [-0.25, -0.2) is 0 Å². The average molecular weight is 186 g/mol. The molecule has 0 aromatic heterocycles.